The molecule has 4 rings (SSSR count). The maximum Gasteiger partial charge on any atom is 0.242 e. The molecule has 3 aliphatic rings. The van der Waals surface area contributed by atoms with Crippen molar-refractivity contribution in [1.82, 2.24) is 20.0 Å². The number of benzene rings is 1. The molecular weight excluding hydrogens is 481 g/mol. The fourth-order valence-electron chi connectivity index (χ4n) is 4.08. The Morgan fingerprint density at radius 2 is 1.93 bits per heavy atom. The Labute approximate surface area is 189 Å². The van der Waals surface area contributed by atoms with Gasteiger partial charge in [-0.05, 0) is 30.4 Å². The van der Waals surface area contributed by atoms with Crippen molar-refractivity contribution >= 4 is 41.8 Å². The molecule has 0 radical (unpaired) electrons. The zero-order valence-corrected chi connectivity index (χ0v) is 19.3. The van der Waals surface area contributed by atoms with Crippen molar-refractivity contribution < 1.29 is 9.59 Å². The van der Waals surface area contributed by atoms with E-state index < -0.39 is 0 Å². The van der Waals surface area contributed by atoms with Gasteiger partial charge in [-0.25, -0.2) is 0 Å². The highest BCUT2D eigenvalue weighted by Crippen LogP contribution is 2.28. The van der Waals surface area contributed by atoms with Gasteiger partial charge < -0.3 is 20.0 Å². The number of aliphatic imine (C=N–C) groups is 1. The molecule has 0 atom stereocenters. The summed E-state index contributed by atoms with van der Waals surface area (Å²) in [4.78, 5) is 34.6. The first-order chi connectivity index (χ1) is 13.6. The molecule has 7 nitrogen and oxygen atoms in total. The van der Waals surface area contributed by atoms with E-state index >= 15 is 0 Å². The second kappa shape index (κ2) is 9.77. The fourth-order valence-corrected chi connectivity index (χ4v) is 4.08. The number of carbonyl (C=O) groups is 2. The molecule has 1 aromatic carbocycles. The van der Waals surface area contributed by atoms with E-state index in [1.807, 2.05) is 20.8 Å². The zero-order chi connectivity index (χ0) is 19.5. The van der Waals surface area contributed by atoms with Crippen LogP contribution in [0.3, 0.4) is 0 Å². The molecule has 1 saturated carbocycles. The Bertz CT molecular complexity index is 780. The van der Waals surface area contributed by atoms with Crippen LogP contribution in [0.2, 0.25) is 0 Å². The summed E-state index contributed by atoms with van der Waals surface area (Å²) >= 11 is 0. The van der Waals surface area contributed by atoms with Gasteiger partial charge in [-0.1, -0.05) is 24.3 Å². The number of halogens is 1. The van der Waals surface area contributed by atoms with Crippen LogP contribution in [-0.2, 0) is 22.7 Å². The van der Waals surface area contributed by atoms with Gasteiger partial charge in [-0.15, -0.1) is 24.0 Å². The molecule has 158 valence electrons. The third-order valence-electron chi connectivity index (χ3n) is 5.74. The van der Waals surface area contributed by atoms with Crippen LogP contribution in [0.15, 0.2) is 29.3 Å². The predicted octanol–water partition coefficient (Wildman–Crippen LogP) is 1.81. The lowest BCUT2D eigenvalue weighted by Gasteiger charge is -2.36. The van der Waals surface area contributed by atoms with Gasteiger partial charge in [0.1, 0.15) is 0 Å². The third kappa shape index (κ3) is 5.40. The van der Waals surface area contributed by atoms with Crippen molar-refractivity contribution in [3.05, 3.63) is 35.4 Å². The lowest BCUT2D eigenvalue weighted by Crippen LogP contribution is -2.55. The number of hydrogen-bond acceptors (Lipinski definition) is 3. The Hall–Kier alpha value is -1.84. The fraction of sp³-hybridized carbons (Fsp3) is 0.571. The predicted molar refractivity (Wildman–Crippen MR) is 123 cm³/mol. The largest absolute Gasteiger partial charge is 0.352 e. The second-order valence-corrected chi connectivity index (χ2v) is 7.88. The smallest absolute Gasteiger partial charge is 0.242 e. The minimum absolute atomic E-state index is 0. The number of amides is 2. The zero-order valence-electron chi connectivity index (χ0n) is 17.0. The SMILES string of the molecule is CN=C(NCc1cccc(CN2CCCC2=O)c1)N1CCN(C2CC2)C(=O)C1.I. The van der Waals surface area contributed by atoms with Gasteiger partial charge in [0.2, 0.25) is 11.8 Å². The highest BCUT2D eigenvalue weighted by atomic mass is 127. The lowest BCUT2D eigenvalue weighted by atomic mass is 10.1. The number of hydrogen-bond donors (Lipinski definition) is 1. The molecule has 1 N–H and O–H groups in total. The molecule has 0 spiro atoms. The van der Waals surface area contributed by atoms with Gasteiger partial charge in [-0.3, -0.25) is 14.6 Å². The van der Waals surface area contributed by atoms with Crippen LogP contribution in [0.5, 0.6) is 0 Å². The molecule has 2 aliphatic heterocycles. The summed E-state index contributed by atoms with van der Waals surface area (Å²) in [5, 5.41) is 3.39. The highest BCUT2D eigenvalue weighted by molar-refractivity contribution is 14.0. The van der Waals surface area contributed by atoms with Crippen LogP contribution >= 0.6 is 24.0 Å². The Kier molecular flexibility index (Phi) is 7.37. The van der Waals surface area contributed by atoms with Gasteiger partial charge in [0.15, 0.2) is 5.96 Å². The monoisotopic (exact) mass is 511 g/mol. The topological polar surface area (TPSA) is 68.2 Å². The molecule has 0 bridgehead atoms. The van der Waals surface area contributed by atoms with Gasteiger partial charge in [0.25, 0.3) is 0 Å². The van der Waals surface area contributed by atoms with E-state index in [4.69, 9.17) is 0 Å². The number of carbonyl (C=O) groups excluding carboxylic acids is 2. The summed E-state index contributed by atoms with van der Waals surface area (Å²) in [6, 6.07) is 8.80. The van der Waals surface area contributed by atoms with Gasteiger partial charge >= 0.3 is 0 Å². The summed E-state index contributed by atoms with van der Waals surface area (Å²) in [5.41, 5.74) is 2.30. The summed E-state index contributed by atoms with van der Waals surface area (Å²) in [6.07, 6.45) is 3.93. The Morgan fingerprint density at radius 3 is 2.59 bits per heavy atom. The minimum atomic E-state index is 0. The molecule has 1 aliphatic carbocycles. The molecule has 0 unspecified atom stereocenters. The quantitative estimate of drug-likeness (QED) is 0.372. The van der Waals surface area contributed by atoms with Crippen molar-refractivity contribution in [2.24, 2.45) is 4.99 Å². The average Bonchev–Trinajstić information content (AvgIpc) is 3.46. The molecule has 2 saturated heterocycles. The Morgan fingerprint density at radius 1 is 1.14 bits per heavy atom. The number of rotatable bonds is 5. The number of nitrogens with zero attached hydrogens (tertiary/aromatic N) is 4. The maximum absolute atomic E-state index is 12.4. The van der Waals surface area contributed by atoms with Crippen molar-refractivity contribution in [2.45, 2.75) is 44.8 Å². The maximum atomic E-state index is 12.4. The normalized spacial score (nSPS) is 20.2. The van der Waals surface area contributed by atoms with Crippen LogP contribution in [0.25, 0.3) is 0 Å². The van der Waals surface area contributed by atoms with E-state index in [-0.39, 0.29) is 35.8 Å². The lowest BCUT2D eigenvalue weighted by molar-refractivity contribution is -0.135. The number of likely N-dealkylation sites (tertiary alicyclic amines) is 1. The molecule has 3 fully saturated rings. The molecule has 2 amide bonds. The molecule has 1 aromatic rings. The summed E-state index contributed by atoms with van der Waals surface area (Å²) in [7, 11) is 1.76. The van der Waals surface area contributed by atoms with Crippen LogP contribution in [0.4, 0.5) is 0 Å². The second-order valence-electron chi connectivity index (χ2n) is 7.88. The van der Waals surface area contributed by atoms with E-state index in [0.717, 1.165) is 56.0 Å². The molecule has 8 heteroatoms. The number of nitrogens with one attached hydrogen (secondary N) is 1. The number of guanidine groups is 1. The van der Waals surface area contributed by atoms with E-state index in [9.17, 15) is 9.59 Å². The Balaban J connectivity index is 0.00000240. The first kappa shape index (κ1) is 21.9. The van der Waals surface area contributed by atoms with E-state index in [0.29, 0.717) is 32.1 Å². The van der Waals surface area contributed by atoms with Crippen LogP contribution in [0.1, 0.15) is 36.8 Å². The summed E-state index contributed by atoms with van der Waals surface area (Å²) in [5.74, 6) is 1.22. The number of piperazine rings is 1. The van der Waals surface area contributed by atoms with Gasteiger partial charge in [-0.2, -0.15) is 0 Å². The van der Waals surface area contributed by atoms with Crippen molar-refractivity contribution in [1.29, 1.82) is 0 Å². The third-order valence-corrected chi connectivity index (χ3v) is 5.74. The molecule has 2 heterocycles. The van der Waals surface area contributed by atoms with E-state index in [1.54, 1.807) is 7.05 Å². The van der Waals surface area contributed by atoms with Crippen LogP contribution < -0.4 is 5.32 Å². The highest BCUT2D eigenvalue weighted by Gasteiger charge is 2.36. The summed E-state index contributed by atoms with van der Waals surface area (Å²) < 4.78 is 0. The van der Waals surface area contributed by atoms with Gasteiger partial charge in [0, 0.05) is 52.2 Å². The first-order valence-corrected chi connectivity index (χ1v) is 10.2. The first-order valence-electron chi connectivity index (χ1n) is 10.2. The van der Waals surface area contributed by atoms with E-state index in [1.165, 1.54) is 0 Å². The van der Waals surface area contributed by atoms with Gasteiger partial charge in [0.05, 0.1) is 6.54 Å². The minimum Gasteiger partial charge on any atom is -0.352 e. The summed E-state index contributed by atoms with van der Waals surface area (Å²) in [6.45, 7) is 4.18. The van der Waals surface area contributed by atoms with Crippen LogP contribution in [-0.4, -0.2) is 71.7 Å². The van der Waals surface area contributed by atoms with Crippen molar-refractivity contribution in [2.75, 3.05) is 33.2 Å². The molecule has 29 heavy (non-hydrogen) atoms. The standard InChI is InChI=1S/C21H29N5O2.HI/c1-22-21(25-10-11-26(18-7-8-18)20(28)15-25)23-13-16-4-2-5-17(12-16)14-24-9-3-6-19(24)27;/h2,4-5,12,18H,3,6-11,13-15H2,1H3,(H,22,23);1H. The van der Waals surface area contributed by atoms with E-state index in [2.05, 4.69) is 28.5 Å². The molecular formula is C21H30IN5O2. The average molecular weight is 511 g/mol. The van der Waals surface area contributed by atoms with Crippen LogP contribution in [0, 0.1) is 0 Å². The van der Waals surface area contributed by atoms with Crippen molar-refractivity contribution in [3.8, 4) is 0 Å². The van der Waals surface area contributed by atoms with Crippen molar-refractivity contribution in [3.63, 3.8) is 0 Å². The molecule has 0 aromatic heterocycles.